The van der Waals surface area contributed by atoms with Crippen LogP contribution in [0.1, 0.15) is 0 Å². The highest BCUT2D eigenvalue weighted by Gasteiger charge is 3.17. The second-order valence-electron chi connectivity index (χ2n) is 6.02. The molecule has 2 nitrogen and oxygen atoms in total. The first-order valence-electron chi connectivity index (χ1n) is 5.17. The Bertz CT molecular complexity index is 372. The molecular weight excluding hydrogens is 152 g/mol. The smallest absolute Gasteiger partial charge is 0.0678 e. The van der Waals surface area contributed by atoms with Crippen LogP contribution in [0.5, 0.6) is 0 Å². The van der Waals surface area contributed by atoms with Crippen molar-refractivity contribution in [3.8, 4) is 0 Å². The van der Waals surface area contributed by atoms with Gasteiger partial charge in [0.1, 0.15) is 0 Å². The fourth-order valence-electron chi connectivity index (χ4n) is 7.40. The topological polar surface area (TPSA) is 40.5 Å². The van der Waals surface area contributed by atoms with Crippen molar-refractivity contribution in [1.82, 2.24) is 0 Å². The summed E-state index contributed by atoms with van der Waals surface area (Å²) in [6.07, 6.45) is 0.0161. The third-order valence-electron chi connectivity index (χ3n) is 7.00. The molecule has 0 aromatic rings. The molecule has 2 N–H and O–H groups in total. The first-order valence-corrected chi connectivity index (χ1v) is 5.17. The molecule has 0 aliphatic heterocycles. The lowest BCUT2D eigenvalue weighted by molar-refractivity contribution is -0.380. The van der Waals surface area contributed by atoms with Gasteiger partial charge in [-0.1, -0.05) is 0 Å². The molecule has 0 unspecified atom stereocenters. The molecule has 7 aliphatic carbocycles. The lowest BCUT2D eigenvalue weighted by atomic mass is 9.20. The number of aliphatic hydroxyl groups excluding tert-OH is 2. The molecule has 2 bridgehead atoms. The Hall–Kier alpha value is -0.0800. The highest BCUT2D eigenvalue weighted by molar-refractivity contribution is 5.63. The van der Waals surface area contributed by atoms with Gasteiger partial charge in [-0.25, -0.2) is 0 Å². The van der Waals surface area contributed by atoms with Gasteiger partial charge in [0.2, 0.25) is 0 Å². The normalized spacial score (nSPS) is 104. The zero-order valence-electron chi connectivity index (χ0n) is 6.51. The fourth-order valence-corrected chi connectivity index (χ4v) is 7.40. The predicted molar refractivity (Wildman–Crippen MR) is 37.8 cm³/mol. The molecule has 0 aromatic carbocycles. The molecule has 7 rings (SSSR count). The molecule has 7 fully saturated rings. The first-order chi connectivity index (χ1) is 5.80. The van der Waals surface area contributed by atoms with Crippen LogP contribution in [0.25, 0.3) is 0 Å². The van der Waals surface area contributed by atoms with Crippen LogP contribution >= 0.6 is 0 Å². The van der Waals surface area contributed by atoms with E-state index in [2.05, 4.69) is 0 Å². The van der Waals surface area contributed by atoms with Gasteiger partial charge >= 0.3 is 0 Å². The Morgan fingerprint density at radius 2 is 1.33 bits per heavy atom. The summed E-state index contributed by atoms with van der Waals surface area (Å²) in [6.45, 7) is 0. The van der Waals surface area contributed by atoms with Crippen molar-refractivity contribution < 1.29 is 10.2 Å². The van der Waals surface area contributed by atoms with E-state index in [1.54, 1.807) is 0 Å². The van der Waals surface area contributed by atoms with Gasteiger partial charge in [0.25, 0.3) is 0 Å². The third kappa shape index (κ3) is 0.141. The Morgan fingerprint density at radius 1 is 0.750 bits per heavy atom. The van der Waals surface area contributed by atoms with Crippen LogP contribution in [0.3, 0.4) is 0 Å². The average molecular weight is 162 g/mol. The van der Waals surface area contributed by atoms with Gasteiger partial charge in [-0.2, -0.15) is 0 Å². The maximum Gasteiger partial charge on any atom is 0.0678 e. The lowest BCUT2D eigenvalue weighted by Crippen LogP contribution is -2.81. The predicted octanol–water partition coefficient (Wildman–Crippen LogP) is -0.540. The van der Waals surface area contributed by atoms with E-state index in [1.165, 1.54) is 0 Å². The molecule has 12 heavy (non-hydrogen) atoms. The van der Waals surface area contributed by atoms with Crippen LogP contribution in [-0.4, -0.2) is 22.4 Å². The van der Waals surface area contributed by atoms with Crippen LogP contribution in [-0.2, 0) is 0 Å². The summed E-state index contributed by atoms with van der Waals surface area (Å²) in [4.78, 5) is 0. The van der Waals surface area contributed by atoms with Gasteiger partial charge in [0, 0.05) is 10.8 Å². The van der Waals surface area contributed by atoms with E-state index in [-0.39, 0.29) is 12.2 Å². The molecule has 0 saturated heterocycles. The van der Waals surface area contributed by atoms with Gasteiger partial charge in [-0.05, 0) is 35.5 Å². The summed E-state index contributed by atoms with van der Waals surface area (Å²) >= 11 is 0. The van der Waals surface area contributed by atoms with E-state index in [4.69, 9.17) is 0 Å². The summed E-state index contributed by atoms with van der Waals surface area (Å²) in [7, 11) is 0. The SMILES string of the molecule is O[C@@H]1[C@H]2[C@@H]3[C@@H]4[C@@H]2[C@]25[C@@H]1[C@H]3[C@]42[C@H]5O. The Balaban J connectivity index is 1.80. The van der Waals surface area contributed by atoms with Crippen molar-refractivity contribution in [3.63, 3.8) is 0 Å². The molecule has 2 spiro atoms. The quantitative estimate of drug-likeness (QED) is 0.502. The van der Waals surface area contributed by atoms with Crippen molar-refractivity contribution in [1.29, 1.82) is 0 Å². The molecule has 2 heteroatoms. The van der Waals surface area contributed by atoms with Gasteiger partial charge in [0.15, 0.2) is 0 Å². The summed E-state index contributed by atoms with van der Waals surface area (Å²) in [5.74, 6) is 4.51. The number of aliphatic hydroxyl groups is 2. The zero-order valence-corrected chi connectivity index (χ0v) is 6.51. The van der Waals surface area contributed by atoms with E-state index < -0.39 is 0 Å². The standard InChI is InChI=1S/C10H10O2/c11-7-2-1-3-5(2)10-6(7)4(1)9(3,10)8(10)12/h1-8,11-12H/t1-,2+,3-,4+,5-,6-,7-,8-,9+,10-/m1/s1. The summed E-state index contributed by atoms with van der Waals surface area (Å²) in [5, 5.41) is 19.9. The average Bonchev–Trinajstić information content (AvgIpc) is 2.45. The van der Waals surface area contributed by atoms with Crippen molar-refractivity contribution in [2.24, 2.45) is 46.3 Å². The Morgan fingerprint density at radius 3 is 1.92 bits per heavy atom. The lowest BCUT2D eigenvalue weighted by Gasteiger charge is -2.82. The summed E-state index contributed by atoms with van der Waals surface area (Å²) in [6, 6.07) is 0. The van der Waals surface area contributed by atoms with Gasteiger partial charge in [-0.3, -0.25) is 0 Å². The van der Waals surface area contributed by atoms with Crippen LogP contribution in [0.2, 0.25) is 0 Å². The molecule has 0 radical (unpaired) electrons. The van der Waals surface area contributed by atoms with Gasteiger partial charge < -0.3 is 10.2 Å². The minimum absolute atomic E-state index is 0.00553. The summed E-state index contributed by atoms with van der Waals surface area (Å²) in [5.41, 5.74) is 0.752. The largest absolute Gasteiger partial charge is 0.392 e. The van der Waals surface area contributed by atoms with Crippen molar-refractivity contribution in [2.75, 3.05) is 0 Å². The number of hydrogen-bond acceptors (Lipinski definition) is 2. The van der Waals surface area contributed by atoms with E-state index in [0.717, 1.165) is 23.7 Å². The molecule has 0 aromatic heterocycles. The highest BCUT2D eigenvalue weighted by Crippen LogP contribution is 3.15. The molecule has 62 valence electrons. The Labute approximate surface area is 69.6 Å². The third-order valence-corrected chi connectivity index (χ3v) is 7.00. The van der Waals surface area contributed by atoms with Crippen LogP contribution in [0.15, 0.2) is 0 Å². The van der Waals surface area contributed by atoms with Crippen LogP contribution in [0, 0.1) is 46.3 Å². The minimum Gasteiger partial charge on any atom is -0.392 e. The Kier molecular flexibility index (Phi) is 0.345. The van der Waals surface area contributed by atoms with E-state index in [1.807, 2.05) is 0 Å². The van der Waals surface area contributed by atoms with E-state index >= 15 is 0 Å². The fraction of sp³-hybridized carbons (Fsp3) is 1.00. The van der Waals surface area contributed by atoms with Crippen LogP contribution in [0.4, 0.5) is 0 Å². The number of rotatable bonds is 0. The maximum atomic E-state index is 9.95. The minimum atomic E-state index is -0.00553. The van der Waals surface area contributed by atoms with Gasteiger partial charge in [-0.15, -0.1) is 0 Å². The molecular formula is C10H10O2. The molecule has 7 saturated carbocycles. The van der Waals surface area contributed by atoms with Crippen molar-refractivity contribution in [3.05, 3.63) is 0 Å². The van der Waals surface area contributed by atoms with Crippen LogP contribution < -0.4 is 0 Å². The molecule has 7 aliphatic rings. The molecule has 10 atom stereocenters. The maximum absolute atomic E-state index is 9.95. The second-order valence-corrected chi connectivity index (χ2v) is 6.02. The van der Waals surface area contributed by atoms with Crippen molar-refractivity contribution in [2.45, 2.75) is 12.2 Å². The highest BCUT2D eigenvalue weighted by atomic mass is 16.3. The molecule has 0 amide bonds. The summed E-state index contributed by atoms with van der Waals surface area (Å²) < 4.78 is 0. The first kappa shape index (κ1) is 4.97. The second kappa shape index (κ2) is 0.833. The van der Waals surface area contributed by atoms with Gasteiger partial charge in [0.05, 0.1) is 12.2 Å². The van der Waals surface area contributed by atoms with E-state index in [0.29, 0.717) is 22.7 Å². The van der Waals surface area contributed by atoms with Crippen molar-refractivity contribution >= 4 is 0 Å². The zero-order chi connectivity index (χ0) is 7.62. The van der Waals surface area contributed by atoms with E-state index in [9.17, 15) is 10.2 Å². The monoisotopic (exact) mass is 162 g/mol. The number of hydrogen-bond donors (Lipinski definition) is 2. The molecule has 0 heterocycles.